The van der Waals surface area contributed by atoms with Crippen LogP contribution in [0, 0.1) is 0 Å². The number of nitrogens with zero attached hydrogens (tertiary/aromatic N) is 2. The van der Waals surface area contributed by atoms with Crippen LogP contribution in [-0.2, 0) is 10.5 Å². The van der Waals surface area contributed by atoms with E-state index in [0.717, 1.165) is 28.9 Å². The van der Waals surface area contributed by atoms with Crippen LogP contribution in [0.5, 0.6) is 0 Å². The molecule has 3 heterocycles. The highest BCUT2D eigenvalue weighted by molar-refractivity contribution is 7.99. The minimum atomic E-state index is -0.200. The Morgan fingerprint density at radius 3 is 2.81 bits per heavy atom. The summed E-state index contributed by atoms with van der Waals surface area (Å²) >= 11 is 2.97. The summed E-state index contributed by atoms with van der Waals surface area (Å²) in [6, 6.07) is 9.88. The van der Waals surface area contributed by atoms with Crippen molar-refractivity contribution in [2.24, 2.45) is 0 Å². The Labute approximate surface area is 196 Å². The van der Waals surface area contributed by atoms with E-state index in [-0.39, 0.29) is 16.7 Å². The van der Waals surface area contributed by atoms with Crippen molar-refractivity contribution in [3.05, 3.63) is 51.9 Å². The zero-order valence-electron chi connectivity index (χ0n) is 18.4. The van der Waals surface area contributed by atoms with Gasteiger partial charge in [-0.05, 0) is 51.4 Å². The van der Waals surface area contributed by atoms with E-state index in [9.17, 15) is 9.59 Å². The third-order valence-corrected chi connectivity index (χ3v) is 7.84. The maximum Gasteiger partial charge on any atom is 0.260 e. The summed E-state index contributed by atoms with van der Waals surface area (Å²) < 4.78 is 0. The molecule has 1 atom stereocenters. The van der Waals surface area contributed by atoms with Crippen molar-refractivity contribution in [1.82, 2.24) is 20.2 Å². The van der Waals surface area contributed by atoms with E-state index in [2.05, 4.69) is 20.2 Å². The lowest BCUT2D eigenvalue weighted by Crippen LogP contribution is -2.35. The lowest BCUT2D eigenvalue weighted by Gasteiger charge is -2.26. The lowest BCUT2D eigenvalue weighted by molar-refractivity contribution is -0.120. The van der Waals surface area contributed by atoms with Gasteiger partial charge in [0.15, 0.2) is 0 Å². The molecule has 0 saturated carbocycles. The van der Waals surface area contributed by atoms with E-state index in [1.165, 1.54) is 55.5 Å². The average molecular weight is 471 g/mol. The number of nitrogens with one attached hydrogen (secondary N) is 2. The van der Waals surface area contributed by atoms with Crippen LogP contribution in [0.15, 0.2) is 40.5 Å². The van der Waals surface area contributed by atoms with Crippen LogP contribution in [0.4, 0.5) is 0 Å². The van der Waals surface area contributed by atoms with E-state index in [1.54, 1.807) is 0 Å². The number of aromatic nitrogens is 2. The Morgan fingerprint density at radius 1 is 1.25 bits per heavy atom. The Morgan fingerprint density at radius 2 is 2.03 bits per heavy atom. The Kier molecular flexibility index (Phi) is 8.00. The van der Waals surface area contributed by atoms with E-state index < -0.39 is 0 Å². The van der Waals surface area contributed by atoms with Crippen LogP contribution in [0.25, 0.3) is 21.3 Å². The summed E-state index contributed by atoms with van der Waals surface area (Å²) in [5, 5.41) is 5.46. The van der Waals surface area contributed by atoms with Gasteiger partial charge in [-0.15, -0.1) is 23.1 Å². The largest absolute Gasteiger partial charge is 0.355 e. The molecule has 4 rings (SSSR count). The molecule has 1 amide bonds. The number of carbonyl (C=O) groups is 1. The number of amides is 1. The number of carbonyl (C=O) groups excluding carboxylic acids is 1. The second-order valence-corrected chi connectivity index (χ2v) is 10.4. The first-order chi connectivity index (χ1) is 15.6. The van der Waals surface area contributed by atoms with E-state index in [1.807, 2.05) is 42.6 Å². The average Bonchev–Trinajstić information content (AvgIpc) is 3.26. The summed E-state index contributed by atoms with van der Waals surface area (Å²) in [7, 11) is 0. The Bertz CT molecular complexity index is 1090. The van der Waals surface area contributed by atoms with Gasteiger partial charge in [0.05, 0.1) is 16.4 Å². The molecule has 1 aliphatic heterocycles. The van der Waals surface area contributed by atoms with Gasteiger partial charge in [0.1, 0.15) is 10.7 Å². The number of fused-ring (bicyclic) bond motifs is 1. The molecule has 1 fully saturated rings. The van der Waals surface area contributed by atoms with Crippen molar-refractivity contribution in [3.63, 3.8) is 0 Å². The number of benzene rings is 1. The van der Waals surface area contributed by atoms with Crippen LogP contribution in [0.2, 0.25) is 0 Å². The van der Waals surface area contributed by atoms with Gasteiger partial charge in [0.2, 0.25) is 5.91 Å². The third-order valence-electron chi connectivity index (χ3n) is 5.82. The van der Waals surface area contributed by atoms with Crippen LogP contribution in [0.3, 0.4) is 0 Å². The van der Waals surface area contributed by atoms with Crippen molar-refractivity contribution in [1.29, 1.82) is 0 Å². The lowest BCUT2D eigenvalue weighted by atomic mass is 10.1. The normalized spacial score (nSPS) is 15.7. The molecule has 1 saturated heterocycles. The SMILES string of the molecule is C[C@H](SCc1nc2scc(-c3ccccc3)c2c(=O)[nH]1)C(=O)NCCCN1CCCCC1. The van der Waals surface area contributed by atoms with E-state index >= 15 is 0 Å². The van der Waals surface area contributed by atoms with Crippen LogP contribution >= 0.6 is 23.1 Å². The Balaban J connectivity index is 1.29. The topological polar surface area (TPSA) is 78.1 Å². The van der Waals surface area contributed by atoms with Gasteiger partial charge in [-0.2, -0.15) is 0 Å². The van der Waals surface area contributed by atoms with Gasteiger partial charge in [0.25, 0.3) is 5.56 Å². The zero-order valence-corrected chi connectivity index (χ0v) is 20.1. The second kappa shape index (κ2) is 11.1. The minimum Gasteiger partial charge on any atom is -0.355 e. The number of aromatic amines is 1. The fourth-order valence-corrected chi connectivity index (χ4v) is 5.76. The number of rotatable bonds is 9. The molecule has 0 unspecified atom stereocenters. The fraction of sp³-hybridized carbons (Fsp3) is 0.458. The van der Waals surface area contributed by atoms with Gasteiger partial charge in [0, 0.05) is 17.5 Å². The number of H-pyrrole nitrogens is 1. The predicted octanol–water partition coefficient (Wildman–Crippen LogP) is 4.27. The van der Waals surface area contributed by atoms with E-state index in [0.29, 0.717) is 23.5 Å². The molecule has 0 aliphatic carbocycles. The molecule has 3 aromatic rings. The van der Waals surface area contributed by atoms with Crippen molar-refractivity contribution in [3.8, 4) is 11.1 Å². The summed E-state index contributed by atoms with van der Waals surface area (Å²) in [6.07, 6.45) is 4.91. The maximum atomic E-state index is 12.8. The minimum absolute atomic E-state index is 0.0413. The number of hydrogen-bond acceptors (Lipinski definition) is 6. The van der Waals surface area contributed by atoms with Gasteiger partial charge in [-0.25, -0.2) is 4.98 Å². The molecule has 0 radical (unpaired) electrons. The number of thiophene rings is 1. The molecule has 2 N–H and O–H groups in total. The fourth-order valence-electron chi connectivity index (χ4n) is 4.01. The molecule has 2 aromatic heterocycles. The Hall–Kier alpha value is -2.16. The summed E-state index contributed by atoms with van der Waals surface area (Å²) in [5.41, 5.74) is 1.80. The van der Waals surface area contributed by atoms with Crippen LogP contribution in [0.1, 0.15) is 38.4 Å². The van der Waals surface area contributed by atoms with Gasteiger partial charge in [-0.1, -0.05) is 36.8 Å². The number of hydrogen-bond donors (Lipinski definition) is 2. The molecule has 32 heavy (non-hydrogen) atoms. The zero-order chi connectivity index (χ0) is 22.3. The molecule has 170 valence electrons. The molecule has 0 bridgehead atoms. The molecule has 1 aliphatic rings. The molecule has 1 aromatic carbocycles. The summed E-state index contributed by atoms with van der Waals surface area (Å²) in [6.45, 7) is 6.04. The monoisotopic (exact) mass is 470 g/mol. The summed E-state index contributed by atoms with van der Waals surface area (Å²) in [4.78, 5) is 36.0. The number of piperidine rings is 1. The molecule has 8 heteroatoms. The highest BCUT2D eigenvalue weighted by atomic mass is 32.2. The van der Waals surface area contributed by atoms with Gasteiger partial charge >= 0.3 is 0 Å². The molecular formula is C24H30N4O2S2. The van der Waals surface area contributed by atoms with Crippen molar-refractivity contribution >= 4 is 39.2 Å². The maximum absolute atomic E-state index is 12.8. The number of thioether (sulfide) groups is 1. The van der Waals surface area contributed by atoms with Crippen molar-refractivity contribution in [2.45, 2.75) is 43.6 Å². The first kappa shape index (κ1) is 23.0. The van der Waals surface area contributed by atoms with Gasteiger partial charge < -0.3 is 15.2 Å². The van der Waals surface area contributed by atoms with Crippen LogP contribution < -0.4 is 10.9 Å². The van der Waals surface area contributed by atoms with E-state index in [4.69, 9.17) is 0 Å². The molecule has 6 nitrogen and oxygen atoms in total. The smallest absolute Gasteiger partial charge is 0.260 e. The number of likely N-dealkylation sites (tertiary alicyclic amines) is 1. The third kappa shape index (κ3) is 5.79. The standard InChI is InChI=1S/C24H30N4O2S2/c1-17(22(29)25-11-8-14-28-12-6-3-7-13-28)31-16-20-26-23(30)21-19(15-32-24(21)27-20)18-9-4-2-5-10-18/h2,4-5,9-10,15,17H,3,6-8,11-14,16H2,1H3,(H,25,29)(H,26,27,30)/t17-/m0/s1. The first-order valence-corrected chi connectivity index (χ1v) is 13.2. The first-order valence-electron chi connectivity index (χ1n) is 11.3. The highest BCUT2D eigenvalue weighted by Gasteiger charge is 2.16. The predicted molar refractivity (Wildman–Crippen MR) is 134 cm³/mol. The van der Waals surface area contributed by atoms with Crippen molar-refractivity contribution in [2.75, 3.05) is 26.2 Å². The van der Waals surface area contributed by atoms with Gasteiger partial charge in [-0.3, -0.25) is 9.59 Å². The van der Waals surface area contributed by atoms with Crippen molar-refractivity contribution < 1.29 is 4.79 Å². The summed E-state index contributed by atoms with van der Waals surface area (Å²) in [5.74, 6) is 1.14. The quantitative estimate of drug-likeness (QED) is 0.457. The van der Waals surface area contributed by atoms with Crippen LogP contribution in [-0.4, -0.2) is 52.2 Å². The molecular weight excluding hydrogens is 440 g/mol. The molecule has 0 spiro atoms. The highest BCUT2D eigenvalue weighted by Crippen LogP contribution is 2.30. The second-order valence-electron chi connectivity index (χ2n) is 8.21.